The van der Waals surface area contributed by atoms with Crippen molar-refractivity contribution < 1.29 is 23.9 Å². The molecule has 0 aliphatic carbocycles. The van der Waals surface area contributed by atoms with Crippen molar-refractivity contribution in [1.29, 1.82) is 0 Å². The largest absolute Gasteiger partial charge is 0.493 e. The maximum absolute atomic E-state index is 13.6. The third-order valence-corrected chi connectivity index (χ3v) is 8.64. The van der Waals surface area contributed by atoms with Gasteiger partial charge in [0.25, 0.3) is 11.8 Å². The molecule has 3 amide bonds. The number of para-hydroxylation sites is 1. The smallest absolute Gasteiger partial charge is 0.263 e. The van der Waals surface area contributed by atoms with Gasteiger partial charge in [-0.25, -0.2) is 4.99 Å². The monoisotopic (exact) mass is 561 g/mol. The molecule has 41 heavy (non-hydrogen) atoms. The number of nitrogens with zero attached hydrogens (tertiary/aromatic N) is 3. The number of carbonyl (C=O) groups is 3. The van der Waals surface area contributed by atoms with Crippen LogP contribution in [-0.2, 0) is 9.59 Å². The second-order valence-electron chi connectivity index (χ2n) is 11.5. The normalized spacial score (nSPS) is 24.7. The number of likely N-dealkylation sites (N-methyl/N-ethyl adjacent to an activating group) is 1. The summed E-state index contributed by atoms with van der Waals surface area (Å²) in [5, 5.41) is 3.18. The van der Waals surface area contributed by atoms with Gasteiger partial charge in [-0.05, 0) is 37.1 Å². The van der Waals surface area contributed by atoms with Crippen molar-refractivity contribution in [2.24, 2.45) is 16.6 Å². The summed E-state index contributed by atoms with van der Waals surface area (Å²) in [5.74, 6) is 0.769. The summed E-state index contributed by atoms with van der Waals surface area (Å²) in [5.41, 5.74) is 7.91. The summed E-state index contributed by atoms with van der Waals surface area (Å²) in [7, 11) is 3.33. The SMILES string of the molecule is CCC1(CC)CC(=O)N(C2CC(C(=O)N(C)C)Oc3ccc(C(=O)NC4c5ccccc5OCC4C)cc32)C(N)=N1. The molecule has 5 rings (SSSR count). The standard InChI is InChI=1S/C31H39N5O5/c1-6-31(7-2)16-26(37)36(30(32)34-31)22-15-25(29(39)35(4)5)41-24-13-12-19(14-21(22)24)28(38)33-27-18(3)17-40-23-11-9-8-10-20(23)27/h8-14,18,22,25,27H,6-7,15-17H2,1-5H3,(H2,32,34)(H,33,38). The van der Waals surface area contributed by atoms with Crippen molar-refractivity contribution >= 4 is 23.7 Å². The van der Waals surface area contributed by atoms with Crippen LogP contribution >= 0.6 is 0 Å². The van der Waals surface area contributed by atoms with Gasteiger partial charge in [-0.2, -0.15) is 0 Å². The highest BCUT2D eigenvalue weighted by Gasteiger charge is 2.45. The molecule has 0 saturated heterocycles. The number of ether oxygens (including phenoxy) is 2. The molecular formula is C31H39N5O5. The lowest BCUT2D eigenvalue weighted by molar-refractivity contribution is -0.140. The molecule has 0 radical (unpaired) electrons. The predicted octanol–water partition coefficient (Wildman–Crippen LogP) is 3.57. The molecule has 0 fully saturated rings. The van der Waals surface area contributed by atoms with Gasteiger partial charge in [0.1, 0.15) is 11.5 Å². The van der Waals surface area contributed by atoms with Gasteiger partial charge >= 0.3 is 0 Å². The van der Waals surface area contributed by atoms with Crippen LogP contribution in [0.5, 0.6) is 11.5 Å². The number of nitrogens with one attached hydrogen (secondary N) is 1. The van der Waals surface area contributed by atoms with E-state index in [4.69, 9.17) is 20.2 Å². The highest BCUT2D eigenvalue weighted by Crippen LogP contribution is 2.42. The summed E-state index contributed by atoms with van der Waals surface area (Å²) >= 11 is 0. The molecule has 4 unspecified atom stereocenters. The number of amides is 3. The van der Waals surface area contributed by atoms with Crippen LogP contribution in [0.15, 0.2) is 47.5 Å². The first-order valence-corrected chi connectivity index (χ1v) is 14.3. The Hall–Kier alpha value is -4.08. The number of guanidine groups is 1. The van der Waals surface area contributed by atoms with Crippen molar-refractivity contribution in [3.05, 3.63) is 59.2 Å². The average molecular weight is 562 g/mol. The van der Waals surface area contributed by atoms with Gasteiger partial charge in [0.15, 0.2) is 12.1 Å². The molecule has 3 heterocycles. The first-order chi connectivity index (χ1) is 19.6. The van der Waals surface area contributed by atoms with E-state index in [-0.39, 0.29) is 48.5 Å². The number of nitrogens with two attached hydrogens (primary N) is 1. The fraction of sp³-hybridized carbons (Fsp3) is 0.484. The molecule has 0 aromatic heterocycles. The van der Waals surface area contributed by atoms with Crippen LogP contribution in [0.25, 0.3) is 0 Å². The zero-order valence-corrected chi connectivity index (χ0v) is 24.3. The van der Waals surface area contributed by atoms with Crippen molar-refractivity contribution in [2.75, 3.05) is 20.7 Å². The van der Waals surface area contributed by atoms with Crippen molar-refractivity contribution in [1.82, 2.24) is 15.1 Å². The van der Waals surface area contributed by atoms with Crippen LogP contribution in [0.2, 0.25) is 0 Å². The topological polar surface area (TPSA) is 127 Å². The van der Waals surface area contributed by atoms with E-state index in [1.54, 1.807) is 32.3 Å². The molecule has 2 aromatic carbocycles. The van der Waals surface area contributed by atoms with Crippen molar-refractivity contribution in [2.45, 2.75) is 70.2 Å². The Kier molecular flexibility index (Phi) is 7.68. The quantitative estimate of drug-likeness (QED) is 0.555. The molecule has 10 nitrogen and oxygen atoms in total. The lowest BCUT2D eigenvalue weighted by Gasteiger charge is -2.43. The van der Waals surface area contributed by atoms with Gasteiger partial charge in [0.05, 0.1) is 30.7 Å². The molecule has 10 heteroatoms. The van der Waals surface area contributed by atoms with E-state index < -0.39 is 17.7 Å². The first kappa shape index (κ1) is 28.4. The van der Waals surface area contributed by atoms with Crippen LogP contribution in [0.1, 0.15) is 80.0 Å². The number of hydrogen-bond acceptors (Lipinski definition) is 7. The molecule has 4 atom stereocenters. The van der Waals surface area contributed by atoms with Crippen LogP contribution in [0.3, 0.4) is 0 Å². The van der Waals surface area contributed by atoms with E-state index in [0.717, 1.165) is 11.3 Å². The van der Waals surface area contributed by atoms with E-state index in [9.17, 15) is 14.4 Å². The number of rotatable bonds is 6. The molecule has 3 aliphatic rings. The van der Waals surface area contributed by atoms with Gasteiger partial charge < -0.3 is 25.4 Å². The summed E-state index contributed by atoms with van der Waals surface area (Å²) in [6.07, 6.45) is 0.974. The van der Waals surface area contributed by atoms with Crippen LogP contribution in [-0.4, -0.2) is 65.8 Å². The number of carbonyl (C=O) groups excluding carboxylic acids is 3. The van der Waals surface area contributed by atoms with E-state index >= 15 is 0 Å². The Morgan fingerprint density at radius 3 is 2.54 bits per heavy atom. The number of hydrogen-bond donors (Lipinski definition) is 2. The highest BCUT2D eigenvalue weighted by molar-refractivity contribution is 6.00. The van der Waals surface area contributed by atoms with Crippen molar-refractivity contribution in [3.8, 4) is 11.5 Å². The Bertz CT molecular complexity index is 1380. The Balaban J connectivity index is 1.50. The van der Waals surface area contributed by atoms with E-state index in [1.165, 1.54) is 9.80 Å². The van der Waals surface area contributed by atoms with Gasteiger partial charge in [-0.3, -0.25) is 19.3 Å². The fourth-order valence-electron chi connectivity index (χ4n) is 6.03. The Morgan fingerprint density at radius 1 is 1.12 bits per heavy atom. The lowest BCUT2D eigenvalue weighted by Crippen LogP contribution is -2.54. The van der Waals surface area contributed by atoms with Crippen LogP contribution in [0.4, 0.5) is 0 Å². The number of benzene rings is 2. The summed E-state index contributed by atoms with van der Waals surface area (Å²) in [6, 6.07) is 12.0. The minimum Gasteiger partial charge on any atom is -0.493 e. The summed E-state index contributed by atoms with van der Waals surface area (Å²) in [4.78, 5) is 47.9. The third-order valence-electron chi connectivity index (χ3n) is 8.64. The molecule has 0 spiro atoms. The average Bonchev–Trinajstić information content (AvgIpc) is 2.97. The molecular weight excluding hydrogens is 522 g/mol. The zero-order chi connectivity index (χ0) is 29.5. The lowest BCUT2D eigenvalue weighted by atomic mass is 9.86. The maximum Gasteiger partial charge on any atom is 0.263 e. The van der Waals surface area contributed by atoms with Crippen LogP contribution < -0.4 is 20.5 Å². The Morgan fingerprint density at radius 2 is 1.85 bits per heavy atom. The van der Waals surface area contributed by atoms with Gasteiger partial charge in [-0.15, -0.1) is 0 Å². The van der Waals surface area contributed by atoms with Gasteiger partial charge in [0.2, 0.25) is 5.91 Å². The zero-order valence-electron chi connectivity index (χ0n) is 24.3. The fourth-order valence-corrected chi connectivity index (χ4v) is 6.03. The van der Waals surface area contributed by atoms with Crippen LogP contribution in [0, 0.1) is 5.92 Å². The predicted molar refractivity (Wildman–Crippen MR) is 155 cm³/mol. The second kappa shape index (κ2) is 11.1. The number of fused-ring (bicyclic) bond motifs is 2. The molecule has 218 valence electrons. The molecule has 0 saturated carbocycles. The van der Waals surface area contributed by atoms with E-state index in [1.807, 2.05) is 45.0 Å². The molecule has 3 N–H and O–H groups in total. The minimum atomic E-state index is -0.814. The Labute approximate surface area is 240 Å². The highest BCUT2D eigenvalue weighted by atomic mass is 16.5. The number of aliphatic imine (C=N–C) groups is 1. The summed E-state index contributed by atoms with van der Waals surface area (Å²) in [6.45, 7) is 6.54. The van der Waals surface area contributed by atoms with Crippen molar-refractivity contribution in [3.63, 3.8) is 0 Å². The second-order valence-corrected chi connectivity index (χ2v) is 11.5. The van der Waals surface area contributed by atoms with Gasteiger partial charge in [0, 0.05) is 43.1 Å². The van der Waals surface area contributed by atoms with E-state index in [0.29, 0.717) is 36.3 Å². The van der Waals surface area contributed by atoms with E-state index in [2.05, 4.69) is 5.32 Å². The third kappa shape index (κ3) is 5.23. The molecule has 2 aromatic rings. The molecule has 3 aliphatic heterocycles. The minimum absolute atomic E-state index is 0.0692. The molecule has 0 bridgehead atoms. The first-order valence-electron chi connectivity index (χ1n) is 14.3. The maximum atomic E-state index is 13.6. The summed E-state index contributed by atoms with van der Waals surface area (Å²) < 4.78 is 12.0. The van der Waals surface area contributed by atoms with Gasteiger partial charge in [-0.1, -0.05) is 39.0 Å².